The first kappa shape index (κ1) is 28.1. The van der Waals surface area contributed by atoms with Crippen LogP contribution in [0.2, 0.25) is 0 Å². The van der Waals surface area contributed by atoms with Crippen LogP contribution >= 0.6 is 0 Å². The lowest BCUT2D eigenvalue weighted by Gasteiger charge is -2.26. The predicted molar refractivity (Wildman–Crippen MR) is 158 cm³/mol. The van der Waals surface area contributed by atoms with Crippen molar-refractivity contribution in [2.75, 3.05) is 35.9 Å². The second-order valence-corrected chi connectivity index (χ2v) is 11.3. The third-order valence-corrected chi connectivity index (χ3v) is 7.35. The number of halogens is 1. The third-order valence-electron chi connectivity index (χ3n) is 6.12. The van der Waals surface area contributed by atoms with E-state index in [2.05, 4.69) is 35.3 Å². The number of sulfonamides is 1. The van der Waals surface area contributed by atoms with Crippen molar-refractivity contribution in [2.45, 2.75) is 38.5 Å². The van der Waals surface area contributed by atoms with Gasteiger partial charge in [0.25, 0.3) is 5.56 Å². The molecule has 39 heavy (non-hydrogen) atoms. The van der Waals surface area contributed by atoms with Crippen molar-refractivity contribution in [3.05, 3.63) is 52.7 Å². The van der Waals surface area contributed by atoms with Gasteiger partial charge < -0.3 is 16.4 Å². The number of nitrogens with one attached hydrogen (secondary N) is 3. The van der Waals surface area contributed by atoms with Crippen molar-refractivity contribution < 1.29 is 17.1 Å². The highest BCUT2D eigenvalue weighted by atomic mass is 32.2. The molecule has 0 saturated carbocycles. The molecule has 4 rings (SSSR count). The fraction of sp³-hybridized carbons (Fsp3) is 0.400. The van der Waals surface area contributed by atoms with Crippen LogP contribution in [0.15, 0.2) is 52.2 Å². The van der Waals surface area contributed by atoms with Crippen LogP contribution in [0.5, 0.6) is 0 Å². The highest BCUT2D eigenvalue weighted by Crippen LogP contribution is 2.24. The summed E-state index contributed by atoms with van der Waals surface area (Å²) in [7, 11) is -2.27. The molecular formula is C25H38FN9O3S. The summed E-state index contributed by atoms with van der Waals surface area (Å²) in [6.07, 6.45) is 4.99. The molecule has 1 saturated heterocycles. The number of rotatable bonds is 9. The van der Waals surface area contributed by atoms with Gasteiger partial charge in [-0.2, -0.15) is 4.98 Å². The molecule has 214 valence electrons. The van der Waals surface area contributed by atoms with Gasteiger partial charge in [-0.05, 0) is 38.2 Å². The lowest BCUT2D eigenvalue weighted by molar-refractivity contribution is 0.254. The second-order valence-electron chi connectivity index (χ2n) is 9.55. The van der Waals surface area contributed by atoms with E-state index in [4.69, 9.17) is 5.73 Å². The van der Waals surface area contributed by atoms with Gasteiger partial charge in [-0.15, -0.1) is 0 Å². The molecule has 5 N–H and O–H groups in total. The maximum Gasteiger partial charge on any atom is 0.260 e. The van der Waals surface area contributed by atoms with Crippen LogP contribution in [0.1, 0.15) is 30.6 Å². The van der Waals surface area contributed by atoms with Crippen molar-refractivity contribution in [2.24, 2.45) is 10.7 Å². The zero-order valence-electron chi connectivity index (χ0n) is 21.9. The zero-order chi connectivity index (χ0) is 28.2. The molecule has 0 aliphatic carbocycles. The minimum atomic E-state index is -3.78. The topological polar surface area (TPSA) is 169 Å². The van der Waals surface area contributed by atoms with Gasteiger partial charge in [0.2, 0.25) is 16.0 Å². The normalized spacial score (nSPS) is 18.6. The standard InChI is InChI=1S/C25H32FN9O3S.3H2/c1-15(2)35-23-18(11-31-25(33-23)32-20-7-19(26)12-29-13-20)6-21(24(35)36)17-4-5-22(30-10-17)34-39(37,38)14-16(8-27)9-28-3;;;/h4-6,8-11,15,19-20,29H,7,12-14,27H2,1-3H3,(H,30,34)(H,31,32,33);3*1H/b16-8+,28-9?;;;/t19-,20-;;;/m0.../s1. The average molecular weight is 564 g/mol. The predicted octanol–water partition coefficient (Wildman–Crippen LogP) is 2.57. The zero-order valence-corrected chi connectivity index (χ0v) is 22.7. The number of piperidine rings is 1. The van der Waals surface area contributed by atoms with Gasteiger partial charge in [-0.25, -0.2) is 22.8 Å². The molecule has 0 unspecified atom stereocenters. The van der Waals surface area contributed by atoms with Crippen molar-refractivity contribution in [3.8, 4) is 11.1 Å². The van der Waals surface area contributed by atoms with Crippen LogP contribution in [-0.4, -0.2) is 72.3 Å². The molecule has 0 radical (unpaired) electrons. The molecule has 1 fully saturated rings. The minimum Gasteiger partial charge on any atom is -0.404 e. The first-order valence-corrected chi connectivity index (χ1v) is 14.1. The van der Waals surface area contributed by atoms with E-state index < -0.39 is 16.2 Å². The largest absolute Gasteiger partial charge is 0.404 e. The molecular weight excluding hydrogens is 525 g/mol. The van der Waals surface area contributed by atoms with Crippen LogP contribution in [0, 0.1) is 0 Å². The van der Waals surface area contributed by atoms with Gasteiger partial charge in [0, 0.05) is 83.6 Å². The Balaban J connectivity index is 0.00000294. The summed E-state index contributed by atoms with van der Waals surface area (Å²) in [6, 6.07) is 4.40. The molecule has 0 spiro atoms. The lowest BCUT2D eigenvalue weighted by Crippen LogP contribution is -2.44. The summed E-state index contributed by atoms with van der Waals surface area (Å²) >= 11 is 0. The van der Waals surface area contributed by atoms with E-state index in [0.717, 1.165) is 0 Å². The third kappa shape index (κ3) is 6.75. The summed E-state index contributed by atoms with van der Waals surface area (Å²) < 4.78 is 42.7. The Kier molecular flexibility index (Phi) is 8.55. The van der Waals surface area contributed by atoms with Crippen LogP contribution in [0.3, 0.4) is 0 Å². The van der Waals surface area contributed by atoms with Gasteiger partial charge in [0.05, 0.1) is 5.75 Å². The first-order valence-electron chi connectivity index (χ1n) is 12.4. The number of hydrogen-bond donors (Lipinski definition) is 4. The number of nitrogens with two attached hydrogens (primary N) is 1. The molecule has 0 aromatic carbocycles. The smallest absolute Gasteiger partial charge is 0.260 e. The van der Waals surface area contributed by atoms with Crippen LogP contribution < -0.4 is 26.6 Å². The summed E-state index contributed by atoms with van der Waals surface area (Å²) in [5.74, 6) is 0.0534. The Bertz CT molecular complexity index is 1570. The van der Waals surface area contributed by atoms with Gasteiger partial charge >= 0.3 is 0 Å². The van der Waals surface area contributed by atoms with E-state index in [1.54, 1.807) is 22.9 Å². The van der Waals surface area contributed by atoms with E-state index in [1.807, 2.05) is 13.8 Å². The Morgan fingerprint density at radius 2 is 2.13 bits per heavy atom. The molecule has 1 aliphatic rings. The fourth-order valence-electron chi connectivity index (χ4n) is 4.38. The number of anilines is 2. The van der Waals surface area contributed by atoms with E-state index in [-0.39, 0.29) is 33.5 Å². The number of pyridine rings is 2. The molecule has 1 aliphatic heterocycles. The van der Waals surface area contributed by atoms with Crippen molar-refractivity contribution >= 4 is 39.0 Å². The Hall–Kier alpha value is -3.91. The summed E-state index contributed by atoms with van der Waals surface area (Å²) in [6.45, 7) is 4.67. The monoisotopic (exact) mass is 563 g/mol. The van der Waals surface area contributed by atoms with Crippen molar-refractivity contribution in [3.63, 3.8) is 0 Å². The van der Waals surface area contributed by atoms with Crippen molar-refractivity contribution in [1.29, 1.82) is 0 Å². The second kappa shape index (κ2) is 11.9. The fourth-order valence-corrected chi connectivity index (χ4v) is 5.50. The Morgan fingerprint density at radius 1 is 1.33 bits per heavy atom. The molecule has 4 heterocycles. The minimum absolute atomic E-state index is 0. The number of nitrogens with zero attached hydrogens (tertiary/aromatic N) is 5. The van der Waals surface area contributed by atoms with Gasteiger partial charge in [-0.3, -0.25) is 19.1 Å². The SMILES string of the molecule is CN=C/C(=C\N)CS(=O)(=O)Nc1ccc(-c2cc3cnc(N[C@@H]4CNC[C@@H](F)C4)nc3n(C(C)C)c2=O)cn1.[HH].[HH].[HH]. The van der Waals surface area contributed by atoms with Crippen molar-refractivity contribution in [1.82, 2.24) is 24.8 Å². The Morgan fingerprint density at radius 3 is 2.77 bits per heavy atom. The van der Waals surface area contributed by atoms with E-state index in [9.17, 15) is 17.6 Å². The summed E-state index contributed by atoms with van der Waals surface area (Å²) in [5, 5.41) is 6.83. The summed E-state index contributed by atoms with van der Waals surface area (Å²) in [4.78, 5) is 30.5. The molecule has 14 heteroatoms. The van der Waals surface area contributed by atoms with Crippen LogP contribution in [0.4, 0.5) is 16.2 Å². The molecule has 3 aromatic rings. The van der Waals surface area contributed by atoms with Gasteiger partial charge in [0.15, 0.2) is 0 Å². The quantitative estimate of drug-likeness (QED) is 0.286. The lowest BCUT2D eigenvalue weighted by atomic mass is 10.1. The summed E-state index contributed by atoms with van der Waals surface area (Å²) in [5.41, 5.74) is 6.84. The molecule has 0 amide bonds. The number of fused-ring (bicyclic) bond motifs is 1. The molecule has 2 atom stereocenters. The van der Waals surface area contributed by atoms with Crippen LogP contribution in [0.25, 0.3) is 22.2 Å². The molecule has 3 aromatic heterocycles. The van der Waals surface area contributed by atoms with E-state index in [0.29, 0.717) is 53.2 Å². The highest BCUT2D eigenvalue weighted by molar-refractivity contribution is 7.92. The average Bonchev–Trinajstić information content (AvgIpc) is 2.88. The number of aromatic nitrogens is 4. The number of aliphatic imine (C=N–C) groups is 1. The molecule has 12 nitrogen and oxygen atoms in total. The number of hydrogen-bond acceptors (Lipinski definition) is 10. The Labute approximate surface area is 230 Å². The maximum atomic E-state index is 13.8. The molecule has 0 bridgehead atoms. The van der Waals surface area contributed by atoms with Crippen LogP contribution in [-0.2, 0) is 10.0 Å². The highest BCUT2D eigenvalue weighted by Gasteiger charge is 2.22. The van der Waals surface area contributed by atoms with E-state index >= 15 is 0 Å². The van der Waals surface area contributed by atoms with Gasteiger partial charge in [0.1, 0.15) is 17.6 Å². The maximum absolute atomic E-state index is 13.8. The van der Waals surface area contributed by atoms with Gasteiger partial charge in [-0.1, -0.05) is 0 Å². The van der Waals surface area contributed by atoms with E-state index in [1.165, 1.54) is 31.7 Å². The first-order chi connectivity index (χ1) is 18.6. The number of alkyl halides is 1.